The predicted molar refractivity (Wildman–Crippen MR) is 106 cm³/mol. The van der Waals surface area contributed by atoms with Crippen LogP contribution < -0.4 is 16.0 Å². The number of ether oxygens (including phenoxy) is 1. The molecule has 0 aromatic heterocycles. The van der Waals surface area contributed by atoms with Gasteiger partial charge < -0.3 is 20.7 Å². The van der Waals surface area contributed by atoms with Crippen LogP contribution in [-0.2, 0) is 10.9 Å². The molecule has 0 aliphatic heterocycles. The average Bonchev–Trinajstić information content (AvgIpc) is 2.67. The van der Waals surface area contributed by atoms with Crippen LogP contribution in [0.4, 0.5) is 13.2 Å². The topological polar surface area (TPSA) is 74.8 Å². The summed E-state index contributed by atoms with van der Waals surface area (Å²) >= 11 is 0. The Labute approximate surface area is 169 Å². The van der Waals surface area contributed by atoms with Crippen molar-refractivity contribution in [2.75, 3.05) is 40.4 Å². The lowest BCUT2D eigenvalue weighted by molar-refractivity contribution is -0.137. The summed E-state index contributed by atoms with van der Waals surface area (Å²) in [6.45, 7) is 2.31. The van der Waals surface area contributed by atoms with Gasteiger partial charge in [0.1, 0.15) is 0 Å². The van der Waals surface area contributed by atoms with Gasteiger partial charge in [0.05, 0.1) is 5.56 Å². The van der Waals surface area contributed by atoms with E-state index in [1.165, 1.54) is 31.4 Å². The number of hydrogen-bond donors (Lipinski definition) is 3. The Bertz CT molecular complexity index is 686. The number of hydrogen-bond acceptors (Lipinski definition) is 3. The Morgan fingerprint density at radius 2 is 1.79 bits per heavy atom. The van der Waals surface area contributed by atoms with E-state index in [2.05, 4.69) is 20.9 Å². The van der Waals surface area contributed by atoms with Crippen LogP contribution in [0.1, 0.15) is 41.6 Å². The predicted octanol–water partition coefficient (Wildman–Crippen LogP) is 2.81. The molecule has 3 N–H and O–H groups in total. The summed E-state index contributed by atoms with van der Waals surface area (Å²) in [7, 11) is 3.39. The van der Waals surface area contributed by atoms with Crippen molar-refractivity contribution in [2.24, 2.45) is 10.4 Å². The van der Waals surface area contributed by atoms with Crippen molar-refractivity contribution in [3.05, 3.63) is 35.4 Å². The number of aliphatic imine (C=N–C) groups is 1. The number of methoxy groups -OCH3 is 1. The monoisotopic (exact) mass is 414 g/mol. The molecular formula is C20H29F3N4O2. The lowest BCUT2D eigenvalue weighted by Crippen LogP contribution is -2.48. The van der Waals surface area contributed by atoms with Gasteiger partial charge in [-0.2, -0.15) is 13.2 Å². The summed E-state index contributed by atoms with van der Waals surface area (Å²) in [6, 6.07) is 4.14. The second-order valence-corrected chi connectivity index (χ2v) is 7.28. The molecule has 0 heterocycles. The third-order valence-corrected chi connectivity index (χ3v) is 5.28. The molecule has 1 aliphatic rings. The quantitative estimate of drug-likeness (QED) is 0.330. The number of guanidine groups is 1. The number of halogens is 3. The summed E-state index contributed by atoms with van der Waals surface area (Å²) in [5, 5.41) is 9.13. The minimum absolute atomic E-state index is 0.186. The maximum Gasteiger partial charge on any atom is 0.416 e. The van der Waals surface area contributed by atoms with Crippen molar-refractivity contribution in [1.29, 1.82) is 0 Å². The van der Waals surface area contributed by atoms with Crippen LogP contribution in [0.15, 0.2) is 29.3 Å². The number of amides is 1. The van der Waals surface area contributed by atoms with Gasteiger partial charge in [-0.05, 0) is 48.9 Å². The normalized spacial score (nSPS) is 16.1. The highest BCUT2D eigenvalue weighted by atomic mass is 19.4. The minimum atomic E-state index is -4.41. The molecule has 2 rings (SSSR count). The van der Waals surface area contributed by atoms with Gasteiger partial charge in [-0.15, -0.1) is 0 Å². The van der Waals surface area contributed by atoms with Crippen LogP contribution in [0.3, 0.4) is 0 Å². The van der Waals surface area contributed by atoms with Crippen molar-refractivity contribution in [3.8, 4) is 0 Å². The van der Waals surface area contributed by atoms with E-state index in [-0.39, 0.29) is 11.0 Å². The van der Waals surface area contributed by atoms with Crippen LogP contribution in [0.2, 0.25) is 0 Å². The van der Waals surface area contributed by atoms with Crippen LogP contribution in [-0.4, -0.2) is 52.3 Å². The standard InChI is InChI=1S/C20H29F3N4O2/c1-24-18(27-14-19(8-3-9-19)10-13-29-2)26-12-11-25-17(28)15-4-6-16(7-5-15)20(21,22)23/h4-7H,3,8-14H2,1-2H3,(H,25,28)(H2,24,26,27). The molecule has 6 nitrogen and oxygen atoms in total. The van der Waals surface area contributed by atoms with Crippen molar-refractivity contribution in [2.45, 2.75) is 31.9 Å². The van der Waals surface area contributed by atoms with Gasteiger partial charge in [-0.3, -0.25) is 9.79 Å². The summed E-state index contributed by atoms with van der Waals surface area (Å²) in [5.41, 5.74) is -0.337. The smallest absolute Gasteiger partial charge is 0.385 e. The molecule has 0 unspecified atom stereocenters. The Hall–Kier alpha value is -2.29. The zero-order chi connectivity index (χ0) is 21.3. The lowest BCUT2D eigenvalue weighted by atomic mass is 9.67. The molecule has 1 aromatic rings. The van der Waals surface area contributed by atoms with Gasteiger partial charge in [-0.25, -0.2) is 0 Å². The largest absolute Gasteiger partial charge is 0.416 e. The number of benzene rings is 1. The number of nitrogens with zero attached hydrogens (tertiary/aromatic N) is 1. The van der Waals surface area contributed by atoms with E-state index in [0.717, 1.165) is 31.7 Å². The van der Waals surface area contributed by atoms with Crippen LogP contribution in [0.5, 0.6) is 0 Å². The Kier molecular flexibility index (Phi) is 8.31. The van der Waals surface area contributed by atoms with E-state index in [1.807, 2.05) is 0 Å². The average molecular weight is 414 g/mol. The summed E-state index contributed by atoms with van der Waals surface area (Å²) < 4.78 is 42.9. The fourth-order valence-electron chi connectivity index (χ4n) is 3.27. The van der Waals surface area contributed by atoms with Crippen molar-refractivity contribution >= 4 is 11.9 Å². The van der Waals surface area contributed by atoms with E-state index >= 15 is 0 Å². The van der Waals surface area contributed by atoms with E-state index in [1.54, 1.807) is 14.2 Å². The van der Waals surface area contributed by atoms with Gasteiger partial charge in [0.15, 0.2) is 5.96 Å². The van der Waals surface area contributed by atoms with Crippen molar-refractivity contribution in [1.82, 2.24) is 16.0 Å². The van der Waals surface area contributed by atoms with Gasteiger partial charge in [-0.1, -0.05) is 6.42 Å². The second-order valence-electron chi connectivity index (χ2n) is 7.28. The van der Waals surface area contributed by atoms with E-state index < -0.39 is 17.6 Å². The summed E-state index contributed by atoms with van der Waals surface area (Å²) in [4.78, 5) is 16.2. The molecule has 1 aromatic carbocycles. The van der Waals surface area contributed by atoms with Gasteiger partial charge in [0.25, 0.3) is 5.91 Å². The number of rotatable bonds is 9. The first kappa shape index (κ1) is 23.0. The molecule has 1 aliphatic carbocycles. The first-order valence-corrected chi connectivity index (χ1v) is 9.69. The molecule has 1 fully saturated rings. The first-order chi connectivity index (χ1) is 13.8. The Balaban J connectivity index is 1.71. The fraction of sp³-hybridized carbons (Fsp3) is 0.600. The molecule has 9 heteroatoms. The molecule has 1 saturated carbocycles. The minimum Gasteiger partial charge on any atom is -0.385 e. The molecule has 0 bridgehead atoms. The van der Waals surface area contributed by atoms with Gasteiger partial charge in [0, 0.05) is 46.0 Å². The number of carbonyl (C=O) groups excluding carboxylic acids is 1. The molecule has 0 spiro atoms. The molecule has 162 valence electrons. The molecule has 29 heavy (non-hydrogen) atoms. The molecule has 0 saturated heterocycles. The maximum atomic E-state index is 12.6. The molecule has 1 amide bonds. The van der Waals surface area contributed by atoms with Gasteiger partial charge in [0.2, 0.25) is 0 Å². The van der Waals surface area contributed by atoms with E-state index in [0.29, 0.717) is 19.0 Å². The second kappa shape index (κ2) is 10.5. The number of alkyl halides is 3. The van der Waals surface area contributed by atoms with Gasteiger partial charge >= 0.3 is 6.18 Å². The van der Waals surface area contributed by atoms with Crippen LogP contribution >= 0.6 is 0 Å². The third-order valence-electron chi connectivity index (χ3n) is 5.28. The van der Waals surface area contributed by atoms with Crippen LogP contribution in [0, 0.1) is 5.41 Å². The van der Waals surface area contributed by atoms with Crippen molar-refractivity contribution in [3.63, 3.8) is 0 Å². The highest BCUT2D eigenvalue weighted by Gasteiger charge is 2.36. The zero-order valence-corrected chi connectivity index (χ0v) is 16.9. The first-order valence-electron chi connectivity index (χ1n) is 9.69. The van der Waals surface area contributed by atoms with E-state index in [9.17, 15) is 18.0 Å². The molecule has 0 atom stereocenters. The maximum absolute atomic E-state index is 12.6. The number of carbonyl (C=O) groups is 1. The SMILES string of the molecule is CN=C(NCCNC(=O)c1ccc(C(F)(F)F)cc1)NCC1(CCOC)CCC1. The third kappa shape index (κ3) is 6.92. The van der Waals surface area contributed by atoms with Crippen LogP contribution in [0.25, 0.3) is 0 Å². The summed E-state index contributed by atoms with van der Waals surface area (Å²) in [5.74, 6) is 0.230. The summed E-state index contributed by atoms with van der Waals surface area (Å²) in [6.07, 6.45) is 0.167. The fourth-order valence-corrected chi connectivity index (χ4v) is 3.27. The van der Waals surface area contributed by atoms with Crippen molar-refractivity contribution < 1.29 is 22.7 Å². The molecular weight excluding hydrogens is 385 g/mol. The lowest BCUT2D eigenvalue weighted by Gasteiger charge is -2.42. The Morgan fingerprint density at radius 3 is 2.31 bits per heavy atom. The highest BCUT2D eigenvalue weighted by molar-refractivity contribution is 5.94. The Morgan fingerprint density at radius 1 is 1.14 bits per heavy atom. The zero-order valence-electron chi connectivity index (χ0n) is 16.9. The molecule has 0 radical (unpaired) electrons. The highest BCUT2D eigenvalue weighted by Crippen LogP contribution is 2.43. The van der Waals surface area contributed by atoms with E-state index in [4.69, 9.17) is 4.74 Å². The number of nitrogens with one attached hydrogen (secondary N) is 3.